The third-order valence-corrected chi connectivity index (χ3v) is 2.36. The van der Waals surface area contributed by atoms with Gasteiger partial charge in [-0.05, 0) is 6.07 Å². The van der Waals surface area contributed by atoms with Crippen molar-refractivity contribution in [3.05, 3.63) is 57.7 Å². The molecule has 1 aromatic heterocycles. The van der Waals surface area contributed by atoms with Crippen LogP contribution in [0.5, 0.6) is 0 Å². The minimum absolute atomic E-state index is 0.102. The summed E-state index contributed by atoms with van der Waals surface area (Å²) in [5.74, 6) is -1.42. The quantitative estimate of drug-likeness (QED) is 0.643. The van der Waals surface area contributed by atoms with Crippen LogP contribution in [0.4, 0.5) is 10.1 Å². The van der Waals surface area contributed by atoms with Crippen molar-refractivity contribution < 1.29 is 14.1 Å². The minimum Gasteiger partial charge on any atom is -0.348 e. The first-order valence-corrected chi connectivity index (χ1v) is 5.27. The number of rotatable bonds is 4. The second-order valence-electron chi connectivity index (χ2n) is 3.74. The Hall–Kier alpha value is -2.77. The molecule has 0 spiro atoms. The molecule has 0 unspecified atom stereocenters. The van der Waals surface area contributed by atoms with Crippen LogP contribution in [0.1, 0.15) is 15.9 Å². The van der Waals surface area contributed by atoms with E-state index in [1.54, 1.807) is 6.20 Å². The molecule has 8 heteroatoms. The van der Waals surface area contributed by atoms with Gasteiger partial charge in [0.05, 0.1) is 17.2 Å². The van der Waals surface area contributed by atoms with E-state index < -0.39 is 22.3 Å². The number of carbonyl (C=O) groups excluding carboxylic acids is 1. The molecule has 1 aromatic carbocycles. The van der Waals surface area contributed by atoms with Crippen LogP contribution in [0.15, 0.2) is 30.6 Å². The number of nitrogens with zero attached hydrogens (tertiary/aromatic N) is 2. The van der Waals surface area contributed by atoms with Gasteiger partial charge in [0.25, 0.3) is 11.6 Å². The summed E-state index contributed by atoms with van der Waals surface area (Å²) >= 11 is 0. The Morgan fingerprint density at radius 3 is 2.89 bits per heavy atom. The van der Waals surface area contributed by atoms with Crippen LogP contribution in [0.3, 0.4) is 0 Å². The van der Waals surface area contributed by atoms with Gasteiger partial charge < -0.3 is 5.32 Å². The fourth-order valence-electron chi connectivity index (χ4n) is 1.47. The van der Waals surface area contributed by atoms with Gasteiger partial charge in [0.1, 0.15) is 5.82 Å². The fraction of sp³-hybridized carbons (Fsp3) is 0.0909. The molecule has 0 atom stereocenters. The van der Waals surface area contributed by atoms with Gasteiger partial charge >= 0.3 is 0 Å². The lowest BCUT2D eigenvalue weighted by Crippen LogP contribution is -2.22. The Morgan fingerprint density at radius 2 is 2.26 bits per heavy atom. The average Bonchev–Trinajstić information content (AvgIpc) is 2.88. The average molecular weight is 264 g/mol. The lowest BCUT2D eigenvalue weighted by Gasteiger charge is -2.03. The van der Waals surface area contributed by atoms with Crippen LogP contribution in [0.2, 0.25) is 0 Å². The zero-order valence-electron chi connectivity index (χ0n) is 9.59. The van der Waals surface area contributed by atoms with Gasteiger partial charge in [0.2, 0.25) is 0 Å². The molecule has 0 fully saturated rings. The lowest BCUT2D eigenvalue weighted by molar-refractivity contribution is -0.385. The standard InChI is InChI=1S/C11H9FN4O3/c12-9-1-8(2-10(3-9)16(18)19)11(17)13-4-7-5-14-15-6-7/h1-3,5-6H,4H2,(H,13,17)(H,14,15). The number of nitro groups is 1. The van der Waals surface area contributed by atoms with Gasteiger partial charge in [-0.3, -0.25) is 20.0 Å². The van der Waals surface area contributed by atoms with Crippen LogP contribution < -0.4 is 5.32 Å². The number of aromatic amines is 1. The summed E-state index contributed by atoms with van der Waals surface area (Å²) in [4.78, 5) is 21.5. The molecule has 1 heterocycles. The van der Waals surface area contributed by atoms with E-state index in [1.807, 2.05) is 0 Å². The third-order valence-electron chi connectivity index (χ3n) is 2.36. The first kappa shape index (κ1) is 12.7. The number of nitrogens with one attached hydrogen (secondary N) is 2. The molecule has 0 aliphatic heterocycles. The van der Waals surface area contributed by atoms with E-state index in [9.17, 15) is 19.3 Å². The molecule has 0 saturated heterocycles. The molecule has 0 aliphatic carbocycles. The van der Waals surface area contributed by atoms with Crippen LogP contribution in [0.25, 0.3) is 0 Å². The molecule has 0 aliphatic rings. The number of non-ortho nitro benzene ring substituents is 1. The van der Waals surface area contributed by atoms with E-state index in [0.29, 0.717) is 0 Å². The summed E-state index contributed by atoms with van der Waals surface area (Å²) < 4.78 is 13.2. The van der Waals surface area contributed by atoms with E-state index in [-0.39, 0.29) is 12.1 Å². The smallest absolute Gasteiger partial charge is 0.273 e. The highest BCUT2D eigenvalue weighted by Gasteiger charge is 2.14. The monoisotopic (exact) mass is 264 g/mol. The number of nitro benzene ring substituents is 1. The number of hydrogen-bond acceptors (Lipinski definition) is 4. The van der Waals surface area contributed by atoms with Crippen molar-refractivity contribution in [1.29, 1.82) is 0 Å². The summed E-state index contributed by atoms with van der Waals surface area (Å²) in [5, 5.41) is 19.3. The first-order valence-electron chi connectivity index (χ1n) is 5.27. The molecule has 2 N–H and O–H groups in total. The zero-order chi connectivity index (χ0) is 13.8. The largest absolute Gasteiger partial charge is 0.348 e. The van der Waals surface area contributed by atoms with Gasteiger partial charge in [-0.15, -0.1) is 0 Å². The fourth-order valence-corrected chi connectivity index (χ4v) is 1.47. The number of amides is 1. The second kappa shape index (κ2) is 5.25. The molecule has 98 valence electrons. The maximum atomic E-state index is 13.2. The highest BCUT2D eigenvalue weighted by molar-refractivity contribution is 5.94. The van der Waals surface area contributed by atoms with Crippen LogP contribution in [0, 0.1) is 15.9 Å². The van der Waals surface area contributed by atoms with Crippen molar-refractivity contribution in [3.63, 3.8) is 0 Å². The van der Waals surface area contributed by atoms with Crippen LogP contribution in [-0.4, -0.2) is 21.0 Å². The normalized spacial score (nSPS) is 10.2. The van der Waals surface area contributed by atoms with E-state index in [1.165, 1.54) is 6.20 Å². The number of benzene rings is 1. The number of H-pyrrole nitrogens is 1. The molecular weight excluding hydrogens is 255 g/mol. The van der Waals surface area contributed by atoms with Crippen LogP contribution >= 0.6 is 0 Å². The van der Waals surface area contributed by atoms with Crippen molar-refractivity contribution in [3.8, 4) is 0 Å². The first-order chi connectivity index (χ1) is 9.06. The topological polar surface area (TPSA) is 101 Å². The number of hydrogen-bond donors (Lipinski definition) is 2. The van der Waals surface area contributed by atoms with E-state index in [4.69, 9.17) is 0 Å². The minimum atomic E-state index is -0.831. The van der Waals surface area contributed by atoms with E-state index >= 15 is 0 Å². The Kier molecular flexibility index (Phi) is 3.51. The summed E-state index contributed by atoms with van der Waals surface area (Å²) in [6.45, 7) is 0.194. The van der Waals surface area contributed by atoms with Crippen molar-refractivity contribution in [1.82, 2.24) is 15.5 Å². The van der Waals surface area contributed by atoms with Crippen molar-refractivity contribution in [2.45, 2.75) is 6.54 Å². The molecule has 1 amide bonds. The van der Waals surface area contributed by atoms with Crippen molar-refractivity contribution in [2.75, 3.05) is 0 Å². The lowest BCUT2D eigenvalue weighted by atomic mass is 10.2. The van der Waals surface area contributed by atoms with Gasteiger partial charge in [-0.1, -0.05) is 0 Å². The van der Waals surface area contributed by atoms with E-state index in [2.05, 4.69) is 15.5 Å². The van der Waals surface area contributed by atoms with Crippen molar-refractivity contribution in [2.24, 2.45) is 0 Å². The molecule has 2 rings (SSSR count). The Labute approximate surface area is 106 Å². The highest BCUT2D eigenvalue weighted by atomic mass is 19.1. The predicted molar refractivity (Wildman–Crippen MR) is 62.8 cm³/mol. The molecule has 7 nitrogen and oxygen atoms in total. The predicted octanol–water partition coefficient (Wildman–Crippen LogP) is 1.39. The van der Waals surface area contributed by atoms with Gasteiger partial charge in [-0.25, -0.2) is 4.39 Å². The highest BCUT2D eigenvalue weighted by Crippen LogP contribution is 2.16. The Balaban J connectivity index is 2.12. The van der Waals surface area contributed by atoms with E-state index in [0.717, 1.165) is 23.8 Å². The summed E-state index contributed by atoms with van der Waals surface area (Å²) in [6.07, 6.45) is 3.11. The van der Waals surface area contributed by atoms with Crippen LogP contribution in [-0.2, 0) is 6.54 Å². The molecule has 0 bridgehead atoms. The number of carbonyl (C=O) groups is 1. The number of aromatic nitrogens is 2. The SMILES string of the molecule is O=C(NCc1cn[nH]c1)c1cc(F)cc([N+](=O)[O-])c1. The molecule has 19 heavy (non-hydrogen) atoms. The maximum Gasteiger partial charge on any atom is 0.273 e. The Morgan fingerprint density at radius 1 is 1.47 bits per heavy atom. The number of halogens is 1. The summed E-state index contributed by atoms with van der Waals surface area (Å²) in [7, 11) is 0. The van der Waals surface area contributed by atoms with Crippen molar-refractivity contribution >= 4 is 11.6 Å². The second-order valence-corrected chi connectivity index (χ2v) is 3.74. The molecule has 0 saturated carbocycles. The van der Waals surface area contributed by atoms with Gasteiger partial charge in [0.15, 0.2) is 0 Å². The van der Waals surface area contributed by atoms with Gasteiger partial charge in [0, 0.05) is 29.9 Å². The zero-order valence-corrected chi connectivity index (χ0v) is 9.59. The maximum absolute atomic E-state index is 13.2. The molecular formula is C11H9FN4O3. The Bertz CT molecular complexity index is 612. The summed E-state index contributed by atoms with van der Waals surface area (Å²) in [5.41, 5.74) is 0.169. The molecule has 0 radical (unpaired) electrons. The summed E-state index contributed by atoms with van der Waals surface area (Å²) in [6, 6.07) is 2.72. The van der Waals surface area contributed by atoms with Gasteiger partial charge in [-0.2, -0.15) is 5.10 Å². The third kappa shape index (κ3) is 3.12. The molecule has 2 aromatic rings.